The molecule has 0 radical (unpaired) electrons. The SMILES string of the molecule is O=C1CCC(C(=O)O)(c2cc(F)ccn2)CC1. The van der Waals surface area contributed by atoms with Gasteiger partial charge in [0.25, 0.3) is 0 Å². The van der Waals surface area contributed by atoms with Crippen molar-refractivity contribution >= 4 is 11.8 Å². The molecule has 1 fully saturated rings. The van der Waals surface area contributed by atoms with Crippen LogP contribution in [0.15, 0.2) is 18.3 Å². The minimum Gasteiger partial charge on any atom is -0.481 e. The van der Waals surface area contributed by atoms with Crippen LogP contribution in [-0.2, 0) is 15.0 Å². The quantitative estimate of drug-likeness (QED) is 0.849. The molecule has 17 heavy (non-hydrogen) atoms. The summed E-state index contributed by atoms with van der Waals surface area (Å²) in [6, 6.07) is 2.32. The van der Waals surface area contributed by atoms with Crippen LogP contribution in [0.25, 0.3) is 0 Å². The van der Waals surface area contributed by atoms with Gasteiger partial charge in [0, 0.05) is 19.0 Å². The number of rotatable bonds is 2. The zero-order valence-corrected chi connectivity index (χ0v) is 9.15. The van der Waals surface area contributed by atoms with Crippen molar-refractivity contribution in [3.05, 3.63) is 29.8 Å². The number of carbonyl (C=O) groups is 2. The van der Waals surface area contributed by atoms with E-state index >= 15 is 0 Å². The molecule has 4 nitrogen and oxygen atoms in total. The molecule has 90 valence electrons. The van der Waals surface area contributed by atoms with Gasteiger partial charge in [-0.05, 0) is 25.0 Å². The number of carboxylic acid groups (broad SMARTS) is 1. The molecule has 0 aliphatic heterocycles. The Morgan fingerprint density at radius 1 is 1.41 bits per heavy atom. The van der Waals surface area contributed by atoms with Crippen molar-refractivity contribution in [1.29, 1.82) is 0 Å². The molecule has 0 atom stereocenters. The van der Waals surface area contributed by atoms with Crippen LogP contribution in [0.4, 0.5) is 4.39 Å². The maximum absolute atomic E-state index is 13.1. The number of ketones is 1. The standard InChI is InChI=1S/C12H12FNO3/c13-8-3-6-14-10(7-8)12(11(16)17)4-1-9(15)2-5-12/h3,6-7H,1-2,4-5H2,(H,16,17). The first-order valence-corrected chi connectivity index (χ1v) is 5.42. The second-order valence-electron chi connectivity index (χ2n) is 4.29. The third-order valence-corrected chi connectivity index (χ3v) is 3.28. The highest BCUT2D eigenvalue weighted by atomic mass is 19.1. The van der Waals surface area contributed by atoms with E-state index in [2.05, 4.69) is 4.98 Å². The highest BCUT2D eigenvalue weighted by Crippen LogP contribution is 2.37. The van der Waals surface area contributed by atoms with E-state index in [1.165, 1.54) is 12.3 Å². The lowest BCUT2D eigenvalue weighted by molar-refractivity contribution is -0.146. The Morgan fingerprint density at radius 2 is 2.06 bits per heavy atom. The van der Waals surface area contributed by atoms with Gasteiger partial charge in [0.2, 0.25) is 0 Å². The first-order valence-electron chi connectivity index (χ1n) is 5.42. The minimum atomic E-state index is -1.21. The van der Waals surface area contributed by atoms with E-state index in [1.807, 2.05) is 0 Å². The fraction of sp³-hybridized carbons (Fsp3) is 0.417. The second kappa shape index (κ2) is 4.24. The van der Waals surface area contributed by atoms with Crippen molar-refractivity contribution < 1.29 is 19.1 Å². The number of halogens is 1. The lowest BCUT2D eigenvalue weighted by Gasteiger charge is -2.31. The highest BCUT2D eigenvalue weighted by molar-refractivity contribution is 5.87. The fourth-order valence-corrected chi connectivity index (χ4v) is 2.20. The number of aliphatic carboxylic acids is 1. The van der Waals surface area contributed by atoms with Crippen molar-refractivity contribution in [2.75, 3.05) is 0 Å². The van der Waals surface area contributed by atoms with E-state index in [0.717, 1.165) is 6.07 Å². The van der Waals surface area contributed by atoms with Gasteiger partial charge in [-0.2, -0.15) is 0 Å². The third kappa shape index (κ3) is 2.05. The topological polar surface area (TPSA) is 67.3 Å². The maximum Gasteiger partial charge on any atom is 0.315 e. The van der Waals surface area contributed by atoms with Crippen LogP contribution in [0.2, 0.25) is 0 Å². The molecule has 0 spiro atoms. The number of nitrogens with zero attached hydrogens (tertiary/aromatic N) is 1. The molecular formula is C12H12FNO3. The van der Waals surface area contributed by atoms with Gasteiger partial charge in [0.1, 0.15) is 17.0 Å². The largest absolute Gasteiger partial charge is 0.481 e. The number of aromatic nitrogens is 1. The molecular weight excluding hydrogens is 225 g/mol. The molecule has 1 aliphatic rings. The van der Waals surface area contributed by atoms with Gasteiger partial charge in [0.05, 0.1) is 5.69 Å². The zero-order valence-electron chi connectivity index (χ0n) is 9.15. The number of hydrogen-bond donors (Lipinski definition) is 1. The summed E-state index contributed by atoms with van der Waals surface area (Å²) in [5.41, 5.74) is -1.01. The van der Waals surface area contributed by atoms with Gasteiger partial charge < -0.3 is 5.11 Å². The van der Waals surface area contributed by atoms with Gasteiger partial charge in [-0.1, -0.05) is 0 Å². The van der Waals surface area contributed by atoms with Gasteiger partial charge >= 0.3 is 5.97 Å². The van der Waals surface area contributed by atoms with Gasteiger partial charge in [-0.3, -0.25) is 14.6 Å². The average molecular weight is 237 g/mol. The summed E-state index contributed by atoms with van der Waals surface area (Å²) < 4.78 is 13.1. The van der Waals surface area contributed by atoms with E-state index in [-0.39, 0.29) is 37.2 Å². The number of pyridine rings is 1. The number of carboxylic acids is 1. The van der Waals surface area contributed by atoms with Crippen LogP contribution in [0, 0.1) is 5.82 Å². The summed E-state index contributed by atoms with van der Waals surface area (Å²) >= 11 is 0. The van der Waals surface area contributed by atoms with Crippen LogP contribution >= 0.6 is 0 Å². The Kier molecular flexibility index (Phi) is 2.92. The van der Waals surface area contributed by atoms with Crippen molar-refractivity contribution in [2.45, 2.75) is 31.1 Å². The molecule has 2 rings (SSSR count). The first-order chi connectivity index (χ1) is 8.04. The Labute approximate surface area is 97.5 Å². The molecule has 0 bridgehead atoms. The zero-order chi connectivity index (χ0) is 12.5. The summed E-state index contributed by atoms with van der Waals surface area (Å²) in [6.45, 7) is 0. The van der Waals surface area contributed by atoms with Crippen molar-refractivity contribution in [3.8, 4) is 0 Å². The number of hydrogen-bond acceptors (Lipinski definition) is 3. The predicted octanol–water partition coefficient (Wildman–Crippen LogP) is 1.69. The summed E-state index contributed by atoms with van der Waals surface area (Å²) in [7, 11) is 0. The highest BCUT2D eigenvalue weighted by Gasteiger charge is 2.44. The van der Waals surface area contributed by atoms with E-state index in [1.54, 1.807) is 0 Å². The molecule has 5 heteroatoms. The van der Waals surface area contributed by atoms with Gasteiger partial charge in [-0.25, -0.2) is 4.39 Å². The van der Waals surface area contributed by atoms with Crippen LogP contribution in [0.1, 0.15) is 31.4 Å². The number of Topliss-reactive ketones (excluding diaryl/α,β-unsaturated/α-hetero) is 1. The normalized spacial score (nSPS) is 19.0. The van der Waals surface area contributed by atoms with Crippen LogP contribution in [0.3, 0.4) is 0 Å². The van der Waals surface area contributed by atoms with E-state index in [9.17, 15) is 19.1 Å². The molecule has 0 saturated heterocycles. The molecule has 0 amide bonds. The lowest BCUT2D eigenvalue weighted by Crippen LogP contribution is -2.40. The van der Waals surface area contributed by atoms with E-state index < -0.39 is 17.2 Å². The minimum absolute atomic E-state index is 0.0540. The van der Waals surface area contributed by atoms with E-state index in [0.29, 0.717) is 0 Å². The summed E-state index contributed by atoms with van der Waals surface area (Å²) in [6.07, 6.45) is 2.07. The van der Waals surface area contributed by atoms with Crippen molar-refractivity contribution in [2.24, 2.45) is 0 Å². The summed E-state index contributed by atoms with van der Waals surface area (Å²) in [4.78, 5) is 26.6. The monoisotopic (exact) mass is 237 g/mol. The summed E-state index contributed by atoms with van der Waals surface area (Å²) in [5, 5.41) is 9.35. The second-order valence-corrected chi connectivity index (χ2v) is 4.29. The van der Waals surface area contributed by atoms with Crippen LogP contribution in [0.5, 0.6) is 0 Å². The third-order valence-electron chi connectivity index (χ3n) is 3.28. The number of carbonyl (C=O) groups excluding carboxylic acids is 1. The lowest BCUT2D eigenvalue weighted by atomic mass is 9.71. The van der Waals surface area contributed by atoms with Crippen LogP contribution in [-0.4, -0.2) is 21.8 Å². The van der Waals surface area contributed by atoms with Gasteiger partial charge in [0.15, 0.2) is 0 Å². The Morgan fingerprint density at radius 3 is 2.59 bits per heavy atom. The first kappa shape index (κ1) is 11.7. The fourth-order valence-electron chi connectivity index (χ4n) is 2.20. The van der Waals surface area contributed by atoms with Gasteiger partial charge in [-0.15, -0.1) is 0 Å². The molecule has 0 unspecified atom stereocenters. The molecule has 1 aliphatic carbocycles. The molecule has 1 heterocycles. The molecule has 1 aromatic heterocycles. The average Bonchev–Trinajstić information content (AvgIpc) is 2.30. The smallest absolute Gasteiger partial charge is 0.315 e. The Bertz CT molecular complexity index is 463. The maximum atomic E-state index is 13.1. The van der Waals surface area contributed by atoms with E-state index in [4.69, 9.17) is 0 Å². The Hall–Kier alpha value is -1.78. The molecule has 0 aromatic carbocycles. The van der Waals surface area contributed by atoms with Crippen molar-refractivity contribution in [1.82, 2.24) is 4.98 Å². The Balaban J connectivity index is 2.41. The van der Waals surface area contributed by atoms with Crippen molar-refractivity contribution in [3.63, 3.8) is 0 Å². The summed E-state index contributed by atoms with van der Waals surface area (Å²) in [5.74, 6) is -1.49. The van der Waals surface area contributed by atoms with Crippen LogP contribution < -0.4 is 0 Å². The predicted molar refractivity (Wildman–Crippen MR) is 57.0 cm³/mol. The molecule has 1 aromatic rings. The molecule has 1 saturated carbocycles. The molecule has 1 N–H and O–H groups in total.